The molecule has 0 aliphatic rings. The summed E-state index contributed by atoms with van der Waals surface area (Å²) >= 11 is 1.73. The van der Waals surface area contributed by atoms with Crippen LogP contribution < -0.4 is 0 Å². The lowest BCUT2D eigenvalue weighted by Crippen LogP contribution is -1.87. The number of hydrogen-bond donors (Lipinski definition) is 0. The first-order valence-corrected chi connectivity index (χ1v) is 4.24. The van der Waals surface area contributed by atoms with Crippen LogP contribution in [0, 0.1) is 0 Å². The highest BCUT2D eigenvalue weighted by Gasteiger charge is 1.79. The minimum atomic E-state index is -0.329. The molecule has 64 valence electrons. The number of ether oxygens (including phenoxy) is 1. The third-order valence-electron chi connectivity index (χ3n) is 0.534. The topological polar surface area (TPSA) is 26.3 Å². The molecule has 11 heavy (non-hydrogen) atoms. The molecular weight excluding hydrogens is 160 g/mol. The van der Waals surface area contributed by atoms with E-state index in [4.69, 9.17) is 0 Å². The Balaban J connectivity index is 0. The molecule has 3 heteroatoms. The average Bonchev–Trinajstić information content (AvgIpc) is 1.90. The summed E-state index contributed by atoms with van der Waals surface area (Å²) < 4.78 is 4.17. The zero-order valence-corrected chi connectivity index (χ0v) is 7.82. The SMILES string of the molecule is C=COC(C)=O.C=CSCC. The van der Waals surface area contributed by atoms with Gasteiger partial charge < -0.3 is 4.74 Å². The van der Waals surface area contributed by atoms with Crippen molar-refractivity contribution in [1.29, 1.82) is 0 Å². The second-order valence-corrected chi connectivity index (χ2v) is 2.64. The number of hydrogen-bond acceptors (Lipinski definition) is 3. The Morgan fingerprint density at radius 2 is 2.18 bits per heavy atom. The lowest BCUT2D eigenvalue weighted by atomic mass is 10.8. The van der Waals surface area contributed by atoms with Gasteiger partial charge in [0.1, 0.15) is 0 Å². The summed E-state index contributed by atoms with van der Waals surface area (Å²) in [6.45, 7) is 10.1. The van der Waals surface area contributed by atoms with Crippen molar-refractivity contribution in [3.05, 3.63) is 24.8 Å². The van der Waals surface area contributed by atoms with E-state index in [1.165, 1.54) is 6.92 Å². The van der Waals surface area contributed by atoms with Gasteiger partial charge in [-0.2, -0.15) is 0 Å². The maximum Gasteiger partial charge on any atom is 0.307 e. The van der Waals surface area contributed by atoms with Gasteiger partial charge in [-0.05, 0) is 11.2 Å². The van der Waals surface area contributed by atoms with Gasteiger partial charge in [-0.3, -0.25) is 4.79 Å². The number of rotatable bonds is 3. The minimum absolute atomic E-state index is 0.329. The summed E-state index contributed by atoms with van der Waals surface area (Å²) in [4.78, 5) is 9.75. The van der Waals surface area contributed by atoms with Gasteiger partial charge in [0.05, 0.1) is 6.26 Å². The smallest absolute Gasteiger partial charge is 0.307 e. The number of carbonyl (C=O) groups excluding carboxylic acids is 1. The molecule has 2 nitrogen and oxygen atoms in total. The summed E-state index contributed by atoms with van der Waals surface area (Å²) in [5, 5.41) is 1.85. The minimum Gasteiger partial charge on any atom is -0.435 e. The number of carbonyl (C=O) groups is 1. The molecule has 0 N–H and O–H groups in total. The quantitative estimate of drug-likeness (QED) is 0.486. The van der Waals surface area contributed by atoms with Crippen molar-refractivity contribution < 1.29 is 9.53 Å². The van der Waals surface area contributed by atoms with E-state index in [9.17, 15) is 4.79 Å². The maximum atomic E-state index is 9.75. The second-order valence-electron chi connectivity index (χ2n) is 1.40. The van der Waals surface area contributed by atoms with Gasteiger partial charge in [0, 0.05) is 6.92 Å². The van der Waals surface area contributed by atoms with Crippen molar-refractivity contribution in [2.75, 3.05) is 5.75 Å². The zero-order valence-electron chi connectivity index (χ0n) is 7.00. The first-order chi connectivity index (χ1) is 5.18. The van der Waals surface area contributed by atoms with Crippen molar-refractivity contribution in [1.82, 2.24) is 0 Å². The third kappa shape index (κ3) is 26.8. The molecule has 0 aromatic carbocycles. The Morgan fingerprint density at radius 3 is 2.18 bits per heavy atom. The summed E-state index contributed by atoms with van der Waals surface area (Å²) in [5.41, 5.74) is 0. The Morgan fingerprint density at radius 1 is 1.64 bits per heavy atom. The molecule has 0 aliphatic carbocycles. The third-order valence-corrected chi connectivity index (χ3v) is 1.10. The van der Waals surface area contributed by atoms with Crippen molar-refractivity contribution in [2.24, 2.45) is 0 Å². The van der Waals surface area contributed by atoms with E-state index < -0.39 is 0 Å². The van der Waals surface area contributed by atoms with Gasteiger partial charge >= 0.3 is 5.97 Å². The van der Waals surface area contributed by atoms with Crippen LogP contribution in [0.1, 0.15) is 13.8 Å². The fraction of sp³-hybridized carbons (Fsp3) is 0.375. The highest BCUT2D eigenvalue weighted by molar-refractivity contribution is 8.02. The zero-order chi connectivity index (χ0) is 9.11. The maximum absolute atomic E-state index is 9.75. The Bertz CT molecular complexity index is 121. The normalized spacial score (nSPS) is 7.09. The predicted molar refractivity (Wildman–Crippen MR) is 50.3 cm³/mol. The lowest BCUT2D eigenvalue weighted by molar-refractivity contribution is -0.135. The molecule has 0 unspecified atom stereocenters. The molecule has 0 amide bonds. The highest BCUT2D eigenvalue weighted by Crippen LogP contribution is 1.94. The molecule has 0 aliphatic heterocycles. The molecule has 0 bridgehead atoms. The second kappa shape index (κ2) is 12.0. The molecule has 0 rings (SSSR count). The van der Waals surface area contributed by atoms with Crippen LogP contribution in [0.25, 0.3) is 0 Å². The van der Waals surface area contributed by atoms with Crippen molar-refractivity contribution >= 4 is 17.7 Å². The fourth-order valence-corrected chi connectivity index (χ4v) is 0.471. The van der Waals surface area contributed by atoms with Crippen LogP contribution in [0.15, 0.2) is 24.8 Å². The molecule has 0 aromatic heterocycles. The van der Waals surface area contributed by atoms with Crippen molar-refractivity contribution in [3.8, 4) is 0 Å². The van der Waals surface area contributed by atoms with Crippen molar-refractivity contribution in [3.63, 3.8) is 0 Å². The number of thioether (sulfide) groups is 1. The van der Waals surface area contributed by atoms with E-state index in [1.54, 1.807) is 11.8 Å². The summed E-state index contributed by atoms with van der Waals surface area (Å²) in [6.07, 6.45) is 1.10. The first-order valence-electron chi connectivity index (χ1n) is 3.19. The summed E-state index contributed by atoms with van der Waals surface area (Å²) in [5.74, 6) is 0.814. The molecule has 0 saturated carbocycles. The summed E-state index contributed by atoms with van der Waals surface area (Å²) in [7, 11) is 0. The van der Waals surface area contributed by atoms with Crippen LogP contribution in [0.2, 0.25) is 0 Å². The van der Waals surface area contributed by atoms with Gasteiger partial charge in [-0.1, -0.05) is 20.1 Å². The monoisotopic (exact) mass is 174 g/mol. The molecule has 0 heterocycles. The molecule has 0 saturated heterocycles. The van der Waals surface area contributed by atoms with Gasteiger partial charge in [0.15, 0.2) is 0 Å². The molecule has 0 aromatic rings. The first kappa shape index (κ1) is 12.9. The Hall–Kier alpha value is -0.700. The van der Waals surface area contributed by atoms with Crippen LogP contribution in [-0.2, 0) is 9.53 Å². The van der Waals surface area contributed by atoms with E-state index in [0.29, 0.717) is 0 Å². The van der Waals surface area contributed by atoms with Gasteiger partial charge in [-0.15, -0.1) is 11.8 Å². The lowest BCUT2D eigenvalue weighted by Gasteiger charge is -1.83. The van der Waals surface area contributed by atoms with Crippen LogP contribution in [0.5, 0.6) is 0 Å². The van der Waals surface area contributed by atoms with Crippen LogP contribution in [0.3, 0.4) is 0 Å². The molecule has 0 radical (unpaired) electrons. The van der Waals surface area contributed by atoms with Crippen LogP contribution in [-0.4, -0.2) is 11.7 Å². The largest absolute Gasteiger partial charge is 0.435 e. The van der Waals surface area contributed by atoms with E-state index in [1.807, 2.05) is 5.41 Å². The van der Waals surface area contributed by atoms with Crippen LogP contribution in [0.4, 0.5) is 0 Å². The van der Waals surface area contributed by atoms with Gasteiger partial charge in [0.25, 0.3) is 0 Å². The van der Waals surface area contributed by atoms with Crippen molar-refractivity contribution in [2.45, 2.75) is 13.8 Å². The molecule has 0 fully saturated rings. The standard InChI is InChI=1S/C4H6O2.C4H8S/c1-3-6-4(2)5;1-3-5-4-2/h3H,1H2,2H3;3H,1,4H2,2H3. The van der Waals surface area contributed by atoms with E-state index in [0.717, 1.165) is 12.0 Å². The predicted octanol–water partition coefficient (Wildman–Crippen LogP) is 2.58. The molecule has 0 atom stereocenters. The molecular formula is C8H14O2S. The number of esters is 1. The van der Waals surface area contributed by atoms with E-state index in [-0.39, 0.29) is 5.97 Å². The molecule has 0 spiro atoms. The highest BCUT2D eigenvalue weighted by atomic mass is 32.2. The van der Waals surface area contributed by atoms with Gasteiger partial charge in [0.2, 0.25) is 0 Å². The average molecular weight is 174 g/mol. The van der Waals surface area contributed by atoms with Crippen LogP contribution >= 0.6 is 11.8 Å². The Kier molecular flexibility index (Phi) is 14.1. The summed E-state index contributed by atoms with van der Waals surface area (Å²) in [6, 6.07) is 0. The Labute approximate surface area is 72.3 Å². The van der Waals surface area contributed by atoms with E-state index >= 15 is 0 Å². The van der Waals surface area contributed by atoms with E-state index in [2.05, 4.69) is 24.8 Å². The fourth-order valence-electron chi connectivity index (χ4n) is 0.235. The van der Waals surface area contributed by atoms with Gasteiger partial charge in [-0.25, -0.2) is 0 Å².